The second-order valence-corrected chi connectivity index (χ2v) is 7.94. The van der Waals surface area contributed by atoms with Crippen LogP contribution in [0.25, 0.3) is 10.9 Å². The topological polar surface area (TPSA) is 91.8 Å². The fourth-order valence-electron chi connectivity index (χ4n) is 3.76. The van der Waals surface area contributed by atoms with Crippen molar-refractivity contribution in [1.29, 1.82) is 0 Å². The number of aromatic nitrogens is 3. The van der Waals surface area contributed by atoms with Crippen LogP contribution in [0.4, 0.5) is 20.5 Å². The van der Waals surface area contributed by atoms with E-state index in [1.54, 1.807) is 13.1 Å². The predicted molar refractivity (Wildman–Crippen MR) is 109 cm³/mol. The van der Waals surface area contributed by atoms with Crippen molar-refractivity contribution in [1.82, 2.24) is 20.3 Å². The summed E-state index contributed by atoms with van der Waals surface area (Å²) in [6.45, 7) is 6.06. The van der Waals surface area contributed by atoms with E-state index >= 15 is 0 Å². The number of halogens is 2. The Morgan fingerprint density at radius 3 is 2.76 bits per heavy atom. The van der Waals surface area contributed by atoms with Gasteiger partial charge in [0.2, 0.25) is 11.9 Å². The molecule has 1 aliphatic carbocycles. The smallest absolute Gasteiger partial charge is 0.280 e. The predicted octanol–water partition coefficient (Wildman–Crippen LogP) is 3.89. The molecule has 158 valence electrons. The normalized spacial score (nSPS) is 19.6. The Hall–Kier alpha value is -2.58. The van der Waals surface area contributed by atoms with Crippen LogP contribution in [0.2, 0.25) is 0 Å². The molecule has 0 aliphatic heterocycles. The van der Waals surface area contributed by atoms with Gasteiger partial charge in [0.1, 0.15) is 11.2 Å². The number of fused-ring (bicyclic) bond motifs is 1. The van der Waals surface area contributed by atoms with Gasteiger partial charge in [0.15, 0.2) is 5.82 Å². The van der Waals surface area contributed by atoms with E-state index in [1.807, 2.05) is 13.8 Å². The molecule has 1 aliphatic rings. The quantitative estimate of drug-likeness (QED) is 0.646. The van der Waals surface area contributed by atoms with E-state index in [-0.39, 0.29) is 23.7 Å². The fraction of sp³-hybridized carbons (Fsp3) is 0.600. The van der Waals surface area contributed by atoms with Gasteiger partial charge in [0.05, 0.1) is 0 Å². The van der Waals surface area contributed by atoms with E-state index < -0.39 is 6.43 Å². The van der Waals surface area contributed by atoms with E-state index in [4.69, 9.17) is 0 Å². The lowest BCUT2D eigenvalue weighted by atomic mass is 9.85. The van der Waals surface area contributed by atoms with Gasteiger partial charge in [-0.05, 0) is 45.1 Å². The molecule has 1 unspecified atom stereocenters. The van der Waals surface area contributed by atoms with Crippen molar-refractivity contribution in [3.63, 3.8) is 0 Å². The summed E-state index contributed by atoms with van der Waals surface area (Å²) < 4.78 is 26.3. The molecule has 3 rings (SSSR count). The molecule has 9 heteroatoms. The number of pyridine rings is 1. The standard InChI is InChI=1S/C20H28F2N6O/c1-11(2)25-19-17-14(8-16(27-19)18(21)22)10-24-20(28-17)23-9-13-5-4-6-15(7-13)26-12(3)29/h8,10-11,13,15,18H,4-7,9H2,1-3H3,(H,25,27)(H,26,29)(H,23,24,28)/t13?,15-/m1/s1. The summed E-state index contributed by atoms with van der Waals surface area (Å²) in [5.74, 6) is 1.19. The van der Waals surface area contributed by atoms with E-state index in [9.17, 15) is 13.6 Å². The van der Waals surface area contributed by atoms with Crippen LogP contribution in [-0.2, 0) is 4.79 Å². The van der Waals surface area contributed by atoms with Gasteiger partial charge in [0, 0.05) is 37.1 Å². The number of nitrogens with one attached hydrogen (secondary N) is 3. The molecule has 0 bridgehead atoms. The molecule has 1 fully saturated rings. The first kappa shape index (κ1) is 21.1. The number of alkyl halides is 2. The third-order valence-electron chi connectivity index (χ3n) is 4.97. The third-order valence-corrected chi connectivity index (χ3v) is 4.97. The number of nitrogens with zero attached hydrogens (tertiary/aromatic N) is 3. The first-order valence-corrected chi connectivity index (χ1v) is 10.0. The number of rotatable bonds is 7. The maximum absolute atomic E-state index is 13.2. The summed E-state index contributed by atoms with van der Waals surface area (Å²) >= 11 is 0. The van der Waals surface area contributed by atoms with Gasteiger partial charge in [-0.2, -0.15) is 0 Å². The van der Waals surface area contributed by atoms with Crippen LogP contribution in [0.1, 0.15) is 58.6 Å². The Morgan fingerprint density at radius 1 is 1.28 bits per heavy atom. The maximum Gasteiger partial charge on any atom is 0.280 e. The molecule has 0 spiro atoms. The molecule has 1 saturated carbocycles. The zero-order valence-electron chi connectivity index (χ0n) is 17.0. The Morgan fingerprint density at radius 2 is 2.07 bits per heavy atom. The highest BCUT2D eigenvalue weighted by atomic mass is 19.3. The van der Waals surface area contributed by atoms with Crippen molar-refractivity contribution in [2.45, 2.75) is 65.0 Å². The Kier molecular flexibility index (Phi) is 6.76. The molecule has 0 saturated heterocycles. The zero-order valence-corrected chi connectivity index (χ0v) is 17.0. The second kappa shape index (κ2) is 9.28. The number of hydrogen-bond donors (Lipinski definition) is 3. The minimum absolute atomic E-state index is 0.00215. The molecule has 0 aromatic carbocycles. The molecular weight excluding hydrogens is 378 g/mol. The largest absolute Gasteiger partial charge is 0.366 e. The molecule has 2 aromatic rings. The Labute approximate surface area is 169 Å². The van der Waals surface area contributed by atoms with Crippen molar-refractivity contribution >= 4 is 28.6 Å². The van der Waals surface area contributed by atoms with E-state index in [0.29, 0.717) is 35.1 Å². The van der Waals surface area contributed by atoms with Crippen molar-refractivity contribution in [3.05, 3.63) is 18.0 Å². The minimum Gasteiger partial charge on any atom is -0.366 e. The number of hydrogen-bond acceptors (Lipinski definition) is 6. The SMILES string of the molecule is CC(=O)N[C@@H]1CCCC(CNc2ncc3cc(C(F)F)nc(NC(C)C)c3n2)C1. The molecule has 2 heterocycles. The molecule has 0 radical (unpaired) electrons. The average Bonchev–Trinajstić information content (AvgIpc) is 2.65. The van der Waals surface area contributed by atoms with Crippen LogP contribution in [0.5, 0.6) is 0 Å². The van der Waals surface area contributed by atoms with Crippen LogP contribution < -0.4 is 16.0 Å². The summed E-state index contributed by atoms with van der Waals surface area (Å²) in [4.78, 5) is 24.1. The van der Waals surface area contributed by atoms with Crippen LogP contribution in [-0.4, -0.2) is 39.5 Å². The average molecular weight is 406 g/mol. The van der Waals surface area contributed by atoms with Crippen LogP contribution in [0, 0.1) is 5.92 Å². The van der Waals surface area contributed by atoms with Gasteiger partial charge in [0.25, 0.3) is 6.43 Å². The van der Waals surface area contributed by atoms with Crippen molar-refractivity contribution in [2.24, 2.45) is 5.92 Å². The Bertz CT molecular complexity index is 860. The van der Waals surface area contributed by atoms with Crippen LogP contribution >= 0.6 is 0 Å². The molecule has 7 nitrogen and oxygen atoms in total. The maximum atomic E-state index is 13.2. The molecule has 3 N–H and O–H groups in total. The summed E-state index contributed by atoms with van der Waals surface area (Å²) in [7, 11) is 0. The van der Waals surface area contributed by atoms with E-state index in [0.717, 1.165) is 25.7 Å². The number of carbonyl (C=O) groups is 1. The van der Waals surface area contributed by atoms with Gasteiger partial charge < -0.3 is 16.0 Å². The lowest BCUT2D eigenvalue weighted by molar-refractivity contribution is -0.119. The van der Waals surface area contributed by atoms with Gasteiger partial charge in [-0.15, -0.1) is 0 Å². The summed E-state index contributed by atoms with van der Waals surface area (Å²) in [5, 5.41) is 9.88. The number of carbonyl (C=O) groups excluding carboxylic acids is 1. The molecule has 2 aromatic heterocycles. The third kappa shape index (κ3) is 5.71. The summed E-state index contributed by atoms with van der Waals surface area (Å²) in [5.41, 5.74) is 0.219. The molecular formula is C20H28F2N6O. The highest BCUT2D eigenvalue weighted by Gasteiger charge is 2.23. The highest BCUT2D eigenvalue weighted by Crippen LogP contribution is 2.28. The first-order chi connectivity index (χ1) is 13.8. The lowest BCUT2D eigenvalue weighted by Gasteiger charge is -2.29. The van der Waals surface area contributed by atoms with Crippen molar-refractivity contribution in [2.75, 3.05) is 17.2 Å². The first-order valence-electron chi connectivity index (χ1n) is 10.0. The Balaban J connectivity index is 1.74. The van der Waals surface area contributed by atoms with E-state index in [2.05, 4.69) is 30.9 Å². The van der Waals surface area contributed by atoms with Crippen molar-refractivity contribution < 1.29 is 13.6 Å². The molecule has 2 atom stereocenters. The van der Waals surface area contributed by atoms with Gasteiger partial charge in [-0.1, -0.05) is 6.42 Å². The minimum atomic E-state index is -2.66. The van der Waals surface area contributed by atoms with Gasteiger partial charge in [-0.3, -0.25) is 4.79 Å². The number of anilines is 2. The van der Waals surface area contributed by atoms with E-state index in [1.165, 1.54) is 6.07 Å². The molecule has 29 heavy (non-hydrogen) atoms. The van der Waals surface area contributed by atoms with Crippen LogP contribution in [0.3, 0.4) is 0 Å². The lowest BCUT2D eigenvalue weighted by Crippen LogP contribution is -2.38. The summed E-state index contributed by atoms with van der Waals surface area (Å²) in [6, 6.07) is 1.57. The second-order valence-electron chi connectivity index (χ2n) is 7.94. The monoisotopic (exact) mass is 406 g/mol. The highest BCUT2D eigenvalue weighted by molar-refractivity contribution is 5.88. The van der Waals surface area contributed by atoms with Gasteiger partial charge >= 0.3 is 0 Å². The summed E-state index contributed by atoms with van der Waals surface area (Å²) in [6.07, 6.45) is 2.96. The van der Waals surface area contributed by atoms with Crippen LogP contribution in [0.15, 0.2) is 12.3 Å². The molecule has 1 amide bonds. The van der Waals surface area contributed by atoms with Gasteiger partial charge in [-0.25, -0.2) is 23.7 Å². The zero-order chi connectivity index (χ0) is 21.0. The fourth-order valence-corrected chi connectivity index (χ4v) is 3.76. The number of amides is 1. The van der Waals surface area contributed by atoms with Crippen molar-refractivity contribution in [3.8, 4) is 0 Å².